The van der Waals surface area contributed by atoms with E-state index >= 15 is 0 Å². The Balaban J connectivity index is 2.08. The standard InChI is InChI=1S/C18H19FN2O5/c1-3-25-17(23)16-11(2)20-18(24)21-14(16)10-26-15(22)9-8-12-6-4-5-7-13(12)19/h4-9,11H,3,10H2,1-2H3,(H2,20,21,24)/b9-8-/t11-/m0/s1. The fourth-order valence-electron chi connectivity index (χ4n) is 2.35. The average Bonchev–Trinajstić information content (AvgIpc) is 2.58. The van der Waals surface area contributed by atoms with E-state index in [2.05, 4.69) is 10.6 Å². The SMILES string of the molecule is CCOC(=O)C1=C(COC(=O)/C=C\c2ccccc2F)NC(=O)N[C@H]1C. The van der Waals surface area contributed by atoms with E-state index in [0.717, 1.165) is 6.08 Å². The predicted molar refractivity (Wildman–Crippen MR) is 91.2 cm³/mol. The summed E-state index contributed by atoms with van der Waals surface area (Å²) in [5.74, 6) is -1.83. The zero-order valence-electron chi connectivity index (χ0n) is 14.4. The molecule has 0 unspecified atom stereocenters. The topological polar surface area (TPSA) is 93.7 Å². The molecule has 0 fully saturated rings. The highest BCUT2D eigenvalue weighted by Crippen LogP contribution is 2.15. The molecule has 0 saturated heterocycles. The lowest BCUT2D eigenvalue weighted by atomic mass is 10.0. The molecular weight excluding hydrogens is 343 g/mol. The molecule has 2 rings (SSSR count). The van der Waals surface area contributed by atoms with E-state index in [-0.39, 0.29) is 30.0 Å². The third kappa shape index (κ3) is 4.92. The van der Waals surface area contributed by atoms with E-state index in [1.54, 1.807) is 19.9 Å². The number of rotatable bonds is 6. The number of esters is 2. The van der Waals surface area contributed by atoms with Crippen molar-refractivity contribution in [2.24, 2.45) is 0 Å². The summed E-state index contributed by atoms with van der Waals surface area (Å²) in [4.78, 5) is 35.5. The van der Waals surface area contributed by atoms with Crippen molar-refractivity contribution in [3.63, 3.8) is 0 Å². The van der Waals surface area contributed by atoms with Crippen LogP contribution in [0.5, 0.6) is 0 Å². The van der Waals surface area contributed by atoms with Crippen molar-refractivity contribution in [1.29, 1.82) is 0 Å². The third-order valence-electron chi connectivity index (χ3n) is 3.53. The minimum Gasteiger partial charge on any atom is -0.463 e. The molecule has 2 amide bonds. The first kappa shape index (κ1) is 19.2. The predicted octanol–water partition coefficient (Wildman–Crippen LogP) is 1.90. The molecule has 26 heavy (non-hydrogen) atoms. The monoisotopic (exact) mass is 362 g/mol. The van der Waals surface area contributed by atoms with Gasteiger partial charge in [-0.15, -0.1) is 0 Å². The number of ether oxygens (including phenoxy) is 2. The molecule has 0 aliphatic carbocycles. The number of halogens is 1. The first-order chi connectivity index (χ1) is 12.4. The quantitative estimate of drug-likeness (QED) is 0.595. The lowest BCUT2D eigenvalue weighted by molar-refractivity contribution is -0.140. The Kier molecular flexibility index (Phi) is 6.48. The van der Waals surface area contributed by atoms with Crippen LogP contribution in [-0.4, -0.2) is 37.2 Å². The number of carbonyl (C=O) groups is 3. The van der Waals surface area contributed by atoms with E-state index in [4.69, 9.17) is 9.47 Å². The van der Waals surface area contributed by atoms with Crippen molar-refractivity contribution in [3.8, 4) is 0 Å². The lowest BCUT2D eigenvalue weighted by Crippen LogP contribution is -2.50. The van der Waals surface area contributed by atoms with Gasteiger partial charge in [0.2, 0.25) is 0 Å². The summed E-state index contributed by atoms with van der Waals surface area (Å²) >= 11 is 0. The number of amides is 2. The number of urea groups is 1. The Labute approximate surface area is 149 Å². The van der Waals surface area contributed by atoms with Crippen molar-refractivity contribution >= 4 is 24.0 Å². The Morgan fingerprint density at radius 1 is 1.27 bits per heavy atom. The van der Waals surface area contributed by atoms with Gasteiger partial charge in [-0.05, 0) is 26.0 Å². The van der Waals surface area contributed by atoms with E-state index in [1.807, 2.05) is 0 Å². The molecule has 138 valence electrons. The highest BCUT2D eigenvalue weighted by atomic mass is 19.1. The molecule has 8 heteroatoms. The van der Waals surface area contributed by atoms with E-state index < -0.39 is 29.8 Å². The van der Waals surface area contributed by atoms with Gasteiger partial charge in [-0.3, -0.25) is 0 Å². The minimum atomic E-state index is -0.746. The second-order valence-corrected chi connectivity index (χ2v) is 5.40. The van der Waals surface area contributed by atoms with Crippen LogP contribution < -0.4 is 10.6 Å². The van der Waals surface area contributed by atoms with Crippen molar-refractivity contribution in [2.45, 2.75) is 19.9 Å². The number of benzene rings is 1. The van der Waals surface area contributed by atoms with Gasteiger partial charge in [0.1, 0.15) is 12.4 Å². The Bertz CT molecular complexity index is 773. The Morgan fingerprint density at radius 3 is 2.69 bits per heavy atom. The molecule has 2 N–H and O–H groups in total. The van der Waals surface area contributed by atoms with E-state index in [1.165, 1.54) is 24.3 Å². The average molecular weight is 362 g/mol. The van der Waals surface area contributed by atoms with Gasteiger partial charge in [0.15, 0.2) is 0 Å². The normalized spacial score (nSPS) is 16.9. The second-order valence-electron chi connectivity index (χ2n) is 5.40. The molecule has 0 saturated carbocycles. The number of hydrogen-bond acceptors (Lipinski definition) is 5. The van der Waals surface area contributed by atoms with Crippen LogP contribution in [0.25, 0.3) is 6.08 Å². The summed E-state index contributed by atoms with van der Waals surface area (Å²) in [6.07, 6.45) is 2.34. The summed E-state index contributed by atoms with van der Waals surface area (Å²) < 4.78 is 23.5. The van der Waals surface area contributed by atoms with E-state index in [0.29, 0.717) is 0 Å². The van der Waals surface area contributed by atoms with Crippen molar-refractivity contribution < 1.29 is 28.2 Å². The smallest absolute Gasteiger partial charge is 0.338 e. The van der Waals surface area contributed by atoms with Gasteiger partial charge in [0.25, 0.3) is 0 Å². The van der Waals surface area contributed by atoms with Gasteiger partial charge in [0, 0.05) is 11.6 Å². The number of nitrogens with one attached hydrogen (secondary N) is 2. The molecule has 7 nitrogen and oxygen atoms in total. The van der Waals surface area contributed by atoms with Gasteiger partial charge in [-0.2, -0.15) is 0 Å². The van der Waals surface area contributed by atoms with Crippen LogP contribution in [-0.2, 0) is 19.1 Å². The fraction of sp³-hybridized carbons (Fsp3) is 0.278. The molecule has 1 aromatic rings. The van der Waals surface area contributed by atoms with E-state index in [9.17, 15) is 18.8 Å². The maximum Gasteiger partial charge on any atom is 0.338 e. The van der Waals surface area contributed by atoms with Gasteiger partial charge in [-0.25, -0.2) is 18.8 Å². The molecule has 1 heterocycles. The Morgan fingerprint density at radius 2 is 2.00 bits per heavy atom. The zero-order valence-corrected chi connectivity index (χ0v) is 14.4. The molecule has 0 spiro atoms. The van der Waals surface area contributed by atoms with Crippen LogP contribution in [0.4, 0.5) is 9.18 Å². The third-order valence-corrected chi connectivity index (χ3v) is 3.53. The highest BCUT2D eigenvalue weighted by Gasteiger charge is 2.30. The van der Waals surface area contributed by atoms with Gasteiger partial charge < -0.3 is 20.1 Å². The molecule has 1 aliphatic rings. The summed E-state index contributed by atoms with van der Waals surface area (Å²) in [6, 6.07) is 4.85. The molecule has 1 atom stereocenters. The van der Waals surface area contributed by atoms with Crippen molar-refractivity contribution in [1.82, 2.24) is 10.6 Å². The number of hydrogen-bond donors (Lipinski definition) is 2. The van der Waals surface area contributed by atoms with Crippen LogP contribution in [0, 0.1) is 5.82 Å². The molecule has 1 aromatic carbocycles. The van der Waals surface area contributed by atoms with Crippen LogP contribution in [0.1, 0.15) is 19.4 Å². The molecule has 0 aromatic heterocycles. The number of carbonyl (C=O) groups excluding carboxylic acids is 3. The second kappa shape index (κ2) is 8.80. The molecular formula is C18H19FN2O5. The lowest BCUT2D eigenvalue weighted by Gasteiger charge is -2.26. The van der Waals surface area contributed by atoms with Crippen LogP contribution in [0.2, 0.25) is 0 Å². The van der Waals surface area contributed by atoms with Gasteiger partial charge in [-0.1, -0.05) is 18.2 Å². The molecule has 1 aliphatic heterocycles. The van der Waals surface area contributed by atoms with Crippen LogP contribution in [0.15, 0.2) is 41.6 Å². The fourth-order valence-corrected chi connectivity index (χ4v) is 2.35. The van der Waals surface area contributed by atoms with Crippen molar-refractivity contribution in [3.05, 3.63) is 53.0 Å². The first-order valence-corrected chi connectivity index (χ1v) is 7.99. The largest absolute Gasteiger partial charge is 0.463 e. The highest BCUT2D eigenvalue weighted by molar-refractivity contribution is 5.95. The summed E-state index contributed by atoms with van der Waals surface area (Å²) in [7, 11) is 0. The van der Waals surface area contributed by atoms with Gasteiger partial charge in [0.05, 0.1) is 23.9 Å². The van der Waals surface area contributed by atoms with Crippen molar-refractivity contribution in [2.75, 3.05) is 13.2 Å². The maximum atomic E-state index is 13.5. The van der Waals surface area contributed by atoms with Gasteiger partial charge >= 0.3 is 18.0 Å². The first-order valence-electron chi connectivity index (χ1n) is 7.99. The summed E-state index contributed by atoms with van der Waals surface area (Å²) in [5, 5.41) is 4.98. The Hall–Kier alpha value is -3.16. The summed E-state index contributed by atoms with van der Waals surface area (Å²) in [6.45, 7) is 3.11. The molecule has 0 bridgehead atoms. The van der Waals surface area contributed by atoms with Crippen LogP contribution >= 0.6 is 0 Å². The zero-order chi connectivity index (χ0) is 19.1. The van der Waals surface area contributed by atoms with Crippen LogP contribution in [0.3, 0.4) is 0 Å². The minimum absolute atomic E-state index is 0.146. The molecule has 0 radical (unpaired) electrons. The maximum absolute atomic E-state index is 13.5. The summed E-state index contributed by atoms with van der Waals surface area (Å²) in [5.41, 5.74) is 0.560.